The second-order valence-corrected chi connectivity index (χ2v) is 6.30. The van der Waals surface area contributed by atoms with Crippen molar-refractivity contribution in [2.45, 2.75) is 27.7 Å². The van der Waals surface area contributed by atoms with Crippen molar-refractivity contribution in [1.29, 1.82) is 10.5 Å². The Morgan fingerprint density at radius 3 is 2.33 bits per heavy atom. The third-order valence-electron chi connectivity index (χ3n) is 3.90. The number of azo groups is 1. The maximum Gasteiger partial charge on any atom is 0.158 e. The third kappa shape index (κ3) is 3.45. The molecule has 0 saturated carbocycles. The molecule has 0 saturated heterocycles. The number of nitriles is 2. The van der Waals surface area contributed by atoms with Gasteiger partial charge in [0.1, 0.15) is 17.0 Å². The highest BCUT2D eigenvalue weighted by molar-refractivity contribution is 7.16. The third-order valence-corrected chi connectivity index (χ3v) is 4.98. The molecule has 122 valence electrons. The van der Waals surface area contributed by atoms with Gasteiger partial charge in [-0.25, -0.2) is 0 Å². The van der Waals surface area contributed by atoms with Gasteiger partial charge in [-0.05, 0) is 57.0 Å². The summed E-state index contributed by atoms with van der Waals surface area (Å²) in [5.41, 5.74) is 4.05. The molecular formula is C18H19N5S. The maximum atomic E-state index is 9.25. The fourth-order valence-electron chi connectivity index (χ4n) is 2.44. The van der Waals surface area contributed by atoms with Gasteiger partial charge in [-0.15, -0.1) is 21.6 Å². The van der Waals surface area contributed by atoms with Gasteiger partial charge in [0.25, 0.3) is 0 Å². The highest BCUT2D eigenvalue weighted by Crippen LogP contribution is 2.36. The molecule has 6 heteroatoms. The van der Waals surface area contributed by atoms with E-state index >= 15 is 0 Å². The van der Waals surface area contributed by atoms with E-state index in [0.29, 0.717) is 21.0 Å². The van der Waals surface area contributed by atoms with Crippen LogP contribution >= 0.6 is 11.3 Å². The molecule has 0 bridgehead atoms. The van der Waals surface area contributed by atoms with Crippen LogP contribution in [-0.4, -0.2) is 13.1 Å². The lowest BCUT2D eigenvalue weighted by Crippen LogP contribution is -2.21. The molecule has 0 radical (unpaired) electrons. The number of anilines is 1. The minimum atomic E-state index is 0.428. The molecule has 5 nitrogen and oxygen atoms in total. The molecule has 0 fully saturated rings. The zero-order valence-electron chi connectivity index (χ0n) is 14.3. The highest BCUT2D eigenvalue weighted by atomic mass is 32.1. The summed E-state index contributed by atoms with van der Waals surface area (Å²) in [5.74, 6) is 0. The summed E-state index contributed by atoms with van der Waals surface area (Å²) in [6.07, 6.45) is 0. The molecule has 0 aliphatic heterocycles. The van der Waals surface area contributed by atoms with Crippen molar-refractivity contribution in [1.82, 2.24) is 0 Å². The van der Waals surface area contributed by atoms with E-state index in [1.165, 1.54) is 11.3 Å². The number of nitrogens with zero attached hydrogens (tertiary/aromatic N) is 5. The molecule has 2 aromatic rings. The van der Waals surface area contributed by atoms with E-state index in [2.05, 4.69) is 47.2 Å². The molecule has 0 aliphatic carbocycles. The zero-order valence-corrected chi connectivity index (χ0v) is 15.1. The fraction of sp³-hybridized carbons (Fsp3) is 0.333. The Hall–Kier alpha value is -2.70. The predicted octanol–water partition coefficient (Wildman–Crippen LogP) is 5.37. The monoisotopic (exact) mass is 337 g/mol. The summed E-state index contributed by atoms with van der Waals surface area (Å²) in [4.78, 5) is 2.78. The van der Waals surface area contributed by atoms with Crippen molar-refractivity contribution in [2.24, 2.45) is 10.2 Å². The van der Waals surface area contributed by atoms with Gasteiger partial charge in [0, 0.05) is 18.8 Å². The average Bonchev–Trinajstić information content (AvgIpc) is 2.90. The predicted molar refractivity (Wildman–Crippen MR) is 97.4 cm³/mol. The van der Waals surface area contributed by atoms with Crippen molar-refractivity contribution in [3.05, 3.63) is 39.8 Å². The molecule has 0 atom stereocenters. The summed E-state index contributed by atoms with van der Waals surface area (Å²) >= 11 is 1.20. The lowest BCUT2D eigenvalue weighted by molar-refractivity contribution is 0.865. The first-order valence-corrected chi connectivity index (χ1v) is 8.58. The van der Waals surface area contributed by atoms with Crippen molar-refractivity contribution in [3.8, 4) is 12.1 Å². The summed E-state index contributed by atoms with van der Waals surface area (Å²) < 4.78 is 0. The van der Waals surface area contributed by atoms with Crippen LogP contribution in [0.25, 0.3) is 0 Å². The van der Waals surface area contributed by atoms with Gasteiger partial charge in [0.15, 0.2) is 5.00 Å². The molecular weight excluding hydrogens is 318 g/mol. The zero-order chi connectivity index (χ0) is 17.7. The maximum absolute atomic E-state index is 9.25. The van der Waals surface area contributed by atoms with E-state index in [1.807, 2.05) is 19.1 Å². The number of aryl methyl sites for hydroxylation is 1. The second kappa shape index (κ2) is 7.72. The smallest absolute Gasteiger partial charge is 0.158 e. The van der Waals surface area contributed by atoms with Gasteiger partial charge >= 0.3 is 0 Å². The van der Waals surface area contributed by atoms with Crippen molar-refractivity contribution >= 4 is 27.7 Å². The molecule has 0 N–H and O–H groups in total. The van der Waals surface area contributed by atoms with E-state index in [1.54, 1.807) is 6.92 Å². The molecule has 2 rings (SSSR count). The SMILES string of the molecule is CCN(CC)c1ccc(/N=N/c2sc(C#N)c(C)c2C#N)c(C)c1. The van der Waals surface area contributed by atoms with Crippen LogP contribution in [0.2, 0.25) is 0 Å². The van der Waals surface area contributed by atoms with Crippen LogP contribution in [0.1, 0.15) is 35.4 Å². The van der Waals surface area contributed by atoms with E-state index in [4.69, 9.17) is 5.26 Å². The normalized spacial score (nSPS) is 10.6. The van der Waals surface area contributed by atoms with Crippen LogP contribution in [0.3, 0.4) is 0 Å². The Bertz CT molecular complexity index is 848. The summed E-state index contributed by atoms with van der Waals surface area (Å²) in [5, 5.41) is 27.3. The first-order valence-electron chi connectivity index (χ1n) is 7.76. The molecule has 1 aromatic heterocycles. The van der Waals surface area contributed by atoms with Crippen LogP contribution in [0.15, 0.2) is 28.4 Å². The number of rotatable bonds is 5. The summed E-state index contributed by atoms with van der Waals surface area (Å²) in [7, 11) is 0. The molecule has 1 aromatic carbocycles. The Balaban J connectivity index is 2.34. The summed E-state index contributed by atoms with van der Waals surface area (Å²) in [6.45, 7) is 9.91. The minimum absolute atomic E-state index is 0.428. The molecule has 24 heavy (non-hydrogen) atoms. The number of benzene rings is 1. The van der Waals surface area contributed by atoms with Gasteiger partial charge in [-0.3, -0.25) is 0 Å². The van der Waals surface area contributed by atoms with Crippen molar-refractivity contribution in [3.63, 3.8) is 0 Å². The van der Waals surface area contributed by atoms with Crippen molar-refractivity contribution < 1.29 is 0 Å². The minimum Gasteiger partial charge on any atom is -0.372 e. The van der Waals surface area contributed by atoms with E-state index < -0.39 is 0 Å². The summed E-state index contributed by atoms with van der Waals surface area (Å²) in [6, 6.07) is 10.3. The van der Waals surface area contributed by atoms with Crippen LogP contribution in [0.5, 0.6) is 0 Å². The molecule has 1 heterocycles. The van der Waals surface area contributed by atoms with E-state index in [0.717, 1.165) is 30.0 Å². The van der Waals surface area contributed by atoms with Gasteiger partial charge in [-0.1, -0.05) is 0 Å². The molecule has 0 unspecified atom stereocenters. The topological polar surface area (TPSA) is 75.5 Å². The van der Waals surface area contributed by atoms with Crippen LogP contribution in [0.4, 0.5) is 16.4 Å². The first kappa shape index (κ1) is 17.7. The van der Waals surface area contributed by atoms with Crippen molar-refractivity contribution in [2.75, 3.05) is 18.0 Å². The standard InChI is InChI=1S/C18H19N5S/c1-5-23(6-2)14-7-8-16(12(3)9-14)21-22-18-15(10-19)13(4)17(11-20)24-18/h7-9H,5-6H2,1-4H3/b22-21+. The Morgan fingerprint density at radius 2 is 1.79 bits per heavy atom. The quantitative estimate of drug-likeness (QED) is 0.688. The van der Waals surface area contributed by atoms with Gasteiger partial charge in [0.2, 0.25) is 0 Å². The lowest BCUT2D eigenvalue weighted by atomic mass is 10.1. The van der Waals surface area contributed by atoms with Gasteiger partial charge < -0.3 is 4.90 Å². The van der Waals surface area contributed by atoms with E-state index in [9.17, 15) is 5.26 Å². The number of thiophene rings is 1. The van der Waals surface area contributed by atoms with Crippen LogP contribution in [-0.2, 0) is 0 Å². The number of hydrogen-bond acceptors (Lipinski definition) is 6. The molecule has 0 aliphatic rings. The van der Waals surface area contributed by atoms with Gasteiger partial charge in [0.05, 0.1) is 11.3 Å². The van der Waals surface area contributed by atoms with Crippen LogP contribution < -0.4 is 4.90 Å². The average molecular weight is 337 g/mol. The molecule has 0 spiro atoms. The largest absolute Gasteiger partial charge is 0.372 e. The van der Waals surface area contributed by atoms with E-state index in [-0.39, 0.29) is 0 Å². The fourth-order valence-corrected chi connectivity index (χ4v) is 3.32. The van der Waals surface area contributed by atoms with Crippen LogP contribution in [0, 0.1) is 36.5 Å². The Morgan fingerprint density at radius 1 is 1.08 bits per heavy atom. The lowest BCUT2D eigenvalue weighted by Gasteiger charge is -2.21. The second-order valence-electron chi connectivity index (χ2n) is 5.30. The first-order chi connectivity index (χ1) is 11.5. The molecule has 0 amide bonds. The Labute approximate surface area is 146 Å². The number of hydrogen-bond donors (Lipinski definition) is 0. The Kier molecular flexibility index (Phi) is 5.68. The van der Waals surface area contributed by atoms with Gasteiger partial charge in [-0.2, -0.15) is 10.5 Å². The highest BCUT2D eigenvalue weighted by Gasteiger charge is 2.14.